The van der Waals surface area contributed by atoms with Crippen LogP contribution in [-0.4, -0.2) is 23.0 Å². The molecule has 0 fully saturated rings. The van der Waals surface area contributed by atoms with Gasteiger partial charge in [0.15, 0.2) is 0 Å². The van der Waals surface area contributed by atoms with E-state index in [1.807, 2.05) is 19.1 Å². The maximum atomic E-state index is 11.7. The lowest BCUT2D eigenvalue weighted by atomic mass is 10.2. The molecule has 0 unspecified atom stereocenters. The molecule has 3 rings (SSSR count). The van der Waals surface area contributed by atoms with Crippen LogP contribution in [0.15, 0.2) is 24.3 Å². The van der Waals surface area contributed by atoms with Crippen molar-refractivity contribution in [2.45, 2.75) is 27.2 Å². The van der Waals surface area contributed by atoms with Crippen molar-refractivity contribution in [2.24, 2.45) is 0 Å². The van der Waals surface area contributed by atoms with Crippen LogP contribution in [0.1, 0.15) is 33.5 Å². The molecule has 0 saturated carbocycles. The summed E-state index contributed by atoms with van der Waals surface area (Å²) in [6, 6.07) is 7.21. The first kappa shape index (κ1) is 16.4. The number of esters is 1. The number of nitrogens with one attached hydrogen (secondary N) is 1. The first-order valence-electron chi connectivity index (χ1n) is 7.75. The second kappa shape index (κ2) is 6.57. The van der Waals surface area contributed by atoms with Crippen LogP contribution in [0, 0.1) is 13.8 Å². The van der Waals surface area contributed by atoms with Gasteiger partial charge in [0.05, 0.1) is 18.1 Å². The van der Waals surface area contributed by atoms with Crippen molar-refractivity contribution in [3.8, 4) is 0 Å². The first-order chi connectivity index (χ1) is 11.5. The maximum Gasteiger partial charge on any atom is 0.337 e. The number of aryl methyl sites for hydroxylation is 3. The molecular formula is C18H19N3O2S. The fraction of sp³-hybridized carbons (Fsp3) is 0.278. The minimum absolute atomic E-state index is 0.358. The van der Waals surface area contributed by atoms with Crippen LogP contribution in [-0.2, 0) is 11.2 Å². The molecule has 0 aliphatic heterocycles. The van der Waals surface area contributed by atoms with Crippen LogP contribution >= 0.6 is 11.3 Å². The Bertz CT molecular complexity index is 918. The zero-order chi connectivity index (χ0) is 17.3. The monoisotopic (exact) mass is 341 g/mol. The van der Waals surface area contributed by atoms with Gasteiger partial charge in [0.25, 0.3) is 0 Å². The first-order valence-corrected chi connectivity index (χ1v) is 8.57. The predicted octanol–water partition coefficient (Wildman–Crippen LogP) is 4.40. The van der Waals surface area contributed by atoms with Crippen LogP contribution in [0.2, 0.25) is 0 Å². The molecule has 5 nitrogen and oxygen atoms in total. The van der Waals surface area contributed by atoms with E-state index in [0.717, 1.165) is 34.0 Å². The molecule has 0 radical (unpaired) electrons. The topological polar surface area (TPSA) is 64.1 Å². The van der Waals surface area contributed by atoms with Crippen LogP contribution in [0.3, 0.4) is 0 Å². The number of benzene rings is 1. The Morgan fingerprint density at radius 1 is 1.29 bits per heavy atom. The van der Waals surface area contributed by atoms with Gasteiger partial charge < -0.3 is 10.1 Å². The minimum Gasteiger partial charge on any atom is -0.465 e. The van der Waals surface area contributed by atoms with E-state index in [1.54, 1.807) is 23.5 Å². The Morgan fingerprint density at radius 3 is 2.79 bits per heavy atom. The lowest BCUT2D eigenvalue weighted by Gasteiger charge is -2.10. The summed E-state index contributed by atoms with van der Waals surface area (Å²) in [7, 11) is 1.38. The number of rotatable bonds is 4. The third kappa shape index (κ3) is 2.97. The molecule has 0 saturated heterocycles. The number of carbonyl (C=O) groups excluding carboxylic acids is 1. The quantitative estimate of drug-likeness (QED) is 0.713. The van der Waals surface area contributed by atoms with E-state index in [0.29, 0.717) is 5.56 Å². The molecule has 0 atom stereocenters. The van der Waals surface area contributed by atoms with Gasteiger partial charge >= 0.3 is 5.97 Å². The van der Waals surface area contributed by atoms with E-state index < -0.39 is 0 Å². The number of hydrogen-bond acceptors (Lipinski definition) is 6. The molecule has 6 heteroatoms. The highest BCUT2D eigenvalue weighted by molar-refractivity contribution is 7.18. The van der Waals surface area contributed by atoms with Crippen molar-refractivity contribution >= 4 is 39.0 Å². The van der Waals surface area contributed by atoms with Crippen molar-refractivity contribution in [1.29, 1.82) is 0 Å². The zero-order valence-electron chi connectivity index (χ0n) is 14.1. The number of methoxy groups -OCH3 is 1. The lowest BCUT2D eigenvalue weighted by Crippen LogP contribution is -2.03. The fourth-order valence-corrected chi connectivity index (χ4v) is 3.57. The Hall–Kier alpha value is -2.47. The van der Waals surface area contributed by atoms with Gasteiger partial charge in [0.2, 0.25) is 0 Å². The van der Waals surface area contributed by atoms with E-state index in [2.05, 4.69) is 29.1 Å². The summed E-state index contributed by atoms with van der Waals surface area (Å²) in [6.45, 7) is 6.21. The normalized spacial score (nSPS) is 10.8. The van der Waals surface area contributed by atoms with Gasteiger partial charge in [-0.25, -0.2) is 14.8 Å². The van der Waals surface area contributed by atoms with E-state index in [-0.39, 0.29) is 5.97 Å². The highest BCUT2D eigenvalue weighted by Gasteiger charge is 2.15. The average molecular weight is 341 g/mol. The zero-order valence-corrected chi connectivity index (χ0v) is 15.0. The van der Waals surface area contributed by atoms with Crippen LogP contribution < -0.4 is 5.32 Å². The maximum absolute atomic E-state index is 11.7. The van der Waals surface area contributed by atoms with Gasteiger partial charge in [0, 0.05) is 17.0 Å². The van der Waals surface area contributed by atoms with Gasteiger partial charge in [-0.3, -0.25) is 0 Å². The molecule has 0 aliphatic rings. The minimum atomic E-state index is -0.358. The Balaban J connectivity index is 2.08. The van der Waals surface area contributed by atoms with Crippen LogP contribution in [0.5, 0.6) is 0 Å². The molecule has 2 aromatic heterocycles. The SMILES string of the molecule is CCc1nc(Nc2cccc(C(=O)OC)c2)c2c(C)c(C)sc2n1. The van der Waals surface area contributed by atoms with E-state index in [4.69, 9.17) is 4.74 Å². The number of aromatic nitrogens is 2. The molecule has 1 N–H and O–H groups in total. The van der Waals surface area contributed by atoms with Crippen molar-refractivity contribution in [2.75, 3.05) is 12.4 Å². The van der Waals surface area contributed by atoms with Crippen molar-refractivity contribution in [1.82, 2.24) is 9.97 Å². The molecule has 0 spiro atoms. The van der Waals surface area contributed by atoms with E-state index in [1.165, 1.54) is 17.6 Å². The Labute approximate surface area is 144 Å². The number of ether oxygens (including phenoxy) is 1. The second-order valence-corrected chi connectivity index (χ2v) is 6.71. The highest BCUT2D eigenvalue weighted by atomic mass is 32.1. The number of thiophene rings is 1. The summed E-state index contributed by atoms with van der Waals surface area (Å²) in [5.74, 6) is 1.22. The number of carbonyl (C=O) groups is 1. The smallest absolute Gasteiger partial charge is 0.337 e. The van der Waals surface area contributed by atoms with Crippen molar-refractivity contribution < 1.29 is 9.53 Å². The molecule has 0 amide bonds. The molecule has 24 heavy (non-hydrogen) atoms. The molecule has 1 aromatic carbocycles. The molecule has 3 aromatic rings. The molecule has 0 bridgehead atoms. The van der Waals surface area contributed by atoms with Gasteiger partial charge in [-0.05, 0) is 37.6 Å². The summed E-state index contributed by atoms with van der Waals surface area (Å²) in [4.78, 5) is 23.2. The van der Waals surface area contributed by atoms with Crippen molar-refractivity contribution in [3.05, 3.63) is 46.1 Å². The number of fused-ring (bicyclic) bond motifs is 1. The van der Waals surface area contributed by atoms with Crippen molar-refractivity contribution in [3.63, 3.8) is 0 Å². The number of hydrogen-bond donors (Lipinski definition) is 1. The third-order valence-electron chi connectivity index (χ3n) is 3.94. The standard InChI is InChI=1S/C18H19N3O2S/c1-5-14-20-16(15-10(2)11(3)24-17(15)21-14)19-13-8-6-7-12(9-13)18(22)23-4/h6-9H,5H2,1-4H3,(H,19,20,21). The summed E-state index contributed by atoms with van der Waals surface area (Å²) in [5.41, 5.74) is 2.48. The summed E-state index contributed by atoms with van der Waals surface area (Å²) < 4.78 is 4.78. The molecule has 124 valence electrons. The molecule has 0 aliphatic carbocycles. The fourth-order valence-electron chi connectivity index (χ4n) is 2.52. The summed E-state index contributed by atoms with van der Waals surface area (Å²) in [5, 5.41) is 4.38. The Morgan fingerprint density at radius 2 is 2.08 bits per heavy atom. The van der Waals surface area contributed by atoms with E-state index >= 15 is 0 Å². The molecule has 2 heterocycles. The van der Waals surface area contributed by atoms with Gasteiger partial charge in [0.1, 0.15) is 16.5 Å². The van der Waals surface area contributed by atoms with Gasteiger partial charge in [-0.15, -0.1) is 11.3 Å². The van der Waals surface area contributed by atoms with Gasteiger partial charge in [-0.1, -0.05) is 13.0 Å². The Kier molecular flexibility index (Phi) is 4.49. The largest absolute Gasteiger partial charge is 0.465 e. The average Bonchev–Trinajstić information content (AvgIpc) is 2.88. The predicted molar refractivity (Wildman–Crippen MR) is 97.3 cm³/mol. The molecular weight excluding hydrogens is 322 g/mol. The summed E-state index contributed by atoms with van der Waals surface area (Å²) in [6.07, 6.45) is 0.767. The lowest BCUT2D eigenvalue weighted by molar-refractivity contribution is 0.0601. The number of nitrogens with zero attached hydrogens (tertiary/aromatic N) is 2. The van der Waals surface area contributed by atoms with Gasteiger partial charge in [-0.2, -0.15) is 0 Å². The van der Waals surface area contributed by atoms with Crippen LogP contribution in [0.25, 0.3) is 10.2 Å². The van der Waals surface area contributed by atoms with Crippen LogP contribution in [0.4, 0.5) is 11.5 Å². The second-order valence-electron chi connectivity index (χ2n) is 5.50. The number of anilines is 2. The van der Waals surface area contributed by atoms with E-state index in [9.17, 15) is 4.79 Å². The summed E-state index contributed by atoms with van der Waals surface area (Å²) >= 11 is 1.68. The highest BCUT2D eigenvalue weighted by Crippen LogP contribution is 2.34. The third-order valence-corrected chi connectivity index (χ3v) is 5.04.